The van der Waals surface area contributed by atoms with E-state index in [0.29, 0.717) is 16.7 Å². The Bertz CT molecular complexity index is 1010. The lowest BCUT2D eigenvalue weighted by molar-refractivity contribution is 0.508. The predicted octanol–water partition coefficient (Wildman–Crippen LogP) is 5.58. The van der Waals surface area contributed by atoms with E-state index < -0.39 is 11.6 Å². The molecule has 0 aliphatic heterocycles. The molecule has 136 valence electrons. The van der Waals surface area contributed by atoms with Gasteiger partial charge < -0.3 is 5.73 Å². The summed E-state index contributed by atoms with van der Waals surface area (Å²) in [5, 5.41) is 0. The van der Waals surface area contributed by atoms with Gasteiger partial charge in [0.15, 0.2) is 11.6 Å². The van der Waals surface area contributed by atoms with Crippen LogP contribution < -0.4 is 5.73 Å². The van der Waals surface area contributed by atoms with Crippen molar-refractivity contribution in [3.05, 3.63) is 94.8 Å². The first-order valence-electron chi connectivity index (χ1n) is 8.60. The summed E-state index contributed by atoms with van der Waals surface area (Å²) in [7, 11) is 0. The molecule has 4 heteroatoms. The molecule has 0 heterocycles. The summed E-state index contributed by atoms with van der Waals surface area (Å²) in [5.74, 6) is 3.51. The minimum atomic E-state index is -0.932. The molecule has 0 aromatic heterocycles. The van der Waals surface area contributed by atoms with Crippen LogP contribution in [-0.2, 0) is 0 Å². The van der Waals surface area contributed by atoms with E-state index in [1.165, 1.54) is 12.1 Å². The van der Waals surface area contributed by atoms with E-state index in [4.69, 9.17) is 5.73 Å². The van der Waals surface area contributed by atoms with Crippen molar-refractivity contribution in [2.75, 3.05) is 0 Å². The lowest BCUT2D eigenvalue weighted by Gasteiger charge is -2.11. The van der Waals surface area contributed by atoms with Crippen molar-refractivity contribution >= 4 is 0 Å². The minimum absolute atomic E-state index is 0.178. The highest BCUT2D eigenvalue weighted by Crippen LogP contribution is 2.26. The summed E-state index contributed by atoms with van der Waals surface area (Å²) in [5.41, 5.74) is 9.00. The van der Waals surface area contributed by atoms with Crippen LogP contribution in [0.1, 0.15) is 36.1 Å². The van der Waals surface area contributed by atoms with Gasteiger partial charge in [0.25, 0.3) is 0 Å². The smallest absolute Gasteiger partial charge is 0.160 e. The summed E-state index contributed by atoms with van der Waals surface area (Å²) in [6, 6.07) is 15.4. The zero-order valence-corrected chi connectivity index (χ0v) is 14.8. The van der Waals surface area contributed by atoms with Gasteiger partial charge in [-0.2, -0.15) is 0 Å². The quantitative estimate of drug-likeness (QED) is 0.603. The molecule has 0 aliphatic carbocycles. The van der Waals surface area contributed by atoms with Gasteiger partial charge in [-0.3, -0.25) is 0 Å². The average molecular weight is 365 g/mol. The Hall–Kier alpha value is -3.03. The van der Waals surface area contributed by atoms with Crippen LogP contribution in [0, 0.1) is 29.3 Å². The number of nitrogens with two attached hydrogens (primary N) is 1. The molecule has 1 nitrogen and oxygen atoms in total. The maximum Gasteiger partial charge on any atom is 0.160 e. The third-order valence-corrected chi connectivity index (χ3v) is 4.33. The normalized spacial score (nSPS) is 11.6. The van der Waals surface area contributed by atoms with Crippen LogP contribution in [0.4, 0.5) is 13.2 Å². The molecule has 0 radical (unpaired) electrons. The Morgan fingerprint density at radius 2 is 1.44 bits per heavy atom. The zero-order chi connectivity index (χ0) is 19.4. The van der Waals surface area contributed by atoms with Crippen LogP contribution in [0.3, 0.4) is 0 Å². The Labute approximate surface area is 156 Å². The maximum atomic E-state index is 14.4. The van der Waals surface area contributed by atoms with Crippen molar-refractivity contribution in [2.24, 2.45) is 5.73 Å². The highest BCUT2D eigenvalue weighted by molar-refractivity contribution is 5.65. The van der Waals surface area contributed by atoms with Gasteiger partial charge in [0.2, 0.25) is 0 Å². The highest BCUT2D eigenvalue weighted by atomic mass is 19.2. The highest BCUT2D eigenvalue weighted by Gasteiger charge is 2.09. The van der Waals surface area contributed by atoms with Gasteiger partial charge in [-0.1, -0.05) is 43.0 Å². The molecule has 3 aromatic rings. The lowest BCUT2D eigenvalue weighted by Crippen LogP contribution is -2.08. The number of rotatable bonds is 3. The Kier molecular flexibility index (Phi) is 5.63. The second-order valence-electron chi connectivity index (χ2n) is 6.21. The molecular formula is C23H18F3N. The van der Waals surface area contributed by atoms with E-state index >= 15 is 0 Å². The molecule has 0 aliphatic rings. The standard InChI is InChI=1S/C23H18F3N/c1-2-23(27)18-10-11-19(21(25)14-18)17-8-5-15(6-9-17)3-4-16-7-12-20(24)22(26)13-16/h5-14,23H,2,27H2,1H3. The van der Waals surface area contributed by atoms with Crippen LogP contribution in [0.25, 0.3) is 11.1 Å². The number of halogens is 3. The van der Waals surface area contributed by atoms with Crippen LogP contribution in [0.5, 0.6) is 0 Å². The van der Waals surface area contributed by atoms with Crippen LogP contribution >= 0.6 is 0 Å². The van der Waals surface area contributed by atoms with Crippen molar-refractivity contribution in [1.29, 1.82) is 0 Å². The van der Waals surface area contributed by atoms with E-state index in [0.717, 1.165) is 29.7 Å². The molecule has 0 saturated heterocycles. The summed E-state index contributed by atoms with van der Waals surface area (Å²) in [6.07, 6.45) is 0.740. The average Bonchev–Trinajstić information content (AvgIpc) is 2.68. The molecule has 0 fully saturated rings. The third kappa shape index (κ3) is 4.39. The van der Waals surface area contributed by atoms with Crippen LogP contribution in [0.2, 0.25) is 0 Å². The molecule has 2 N–H and O–H groups in total. The van der Waals surface area contributed by atoms with Gasteiger partial charge in [0.1, 0.15) is 5.82 Å². The van der Waals surface area contributed by atoms with E-state index in [-0.39, 0.29) is 11.9 Å². The van der Waals surface area contributed by atoms with Gasteiger partial charge in [-0.15, -0.1) is 0 Å². The fraction of sp³-hybridized carbons (Fsp3) is 0.130. The summed E-state index contributed by atoms with van der Waals surface area (Å²) in [6.45, 7) is 1.95. The van der Waals surface area contributed by atoms with Crippen molar-refractivity contribution in [3.8, 4) is 23.0 Å². The van der Waals surface area contributed by atoms with Crippen molar-refractivity contribution in [2.45, 2.75) is 19.4 Å². The molecule has 0 spiro atoms. The second-order valence-corrected chi connectivity index (χ2v) is 6.21. The number of hydrogen-bond acceptors (Lipinski definition) is 1. The first kappa shape index (κ1) is 18.8. The second kappa shape index (κ2) is 8.11. The van der Waals surface area contributed by atoms with E-state index in [1.54, 1.807) is 30.3 Å². The number of hydrogen-bond donors (Lipinski definition) is 1. The summed E-state index contributed by atoms with van der Waals surface area (Å²) in [4.78, 5) is 0. The monoisotopic (exact) mass is 365 g/mol. The molecule has 1 unspecified atom stereocenters. The lowest BCUT2D eigenvalue weighted by atomic mass is 9.98. The van der Waals surface area contributed by atoms with Crippen LogP contribution in [0.15, 0.2) is 60.7 Å². The first-order valence-corrected chi connectivity index (χ1v) is 8.60. The van der Waals surface area contributed by atoms with E-state index in [1.807, 2.05) is 13.0 Å². The molecular weight excluding hydrogens is 347 g/mol. The molecule has 1 atom stereocenters. The Morgan fingerprint density at radius 3 is 2.07 bits per heavy atom. The summed E-state index contributed by atoms with van der Waals surface area (Å²) < 4.78 is 40.6. The Balaban J connectivity index is 1.82. The van der Waals surface area contributed by atoms with E-state index in [9.17, 15) is 13.2 Å². The maximum absolute atomic E-state index is 14.4. The molecule has 0 amide bonds. The van der Waals surface area contributed by atoms with Gasteiger partial charge in [0, 0.05) is 22.7 Å². The van der Waals surface area contributed by atoms with Gasteiger partial charge in [-0.25, -0.2) is 13.2 Å². The largest absolute Gasteiger partial charge is 0.324 e. The number of benzene rings is 3. The molecule has 0 saturated carbocycles. The van der Waals surface area contributed by atoms with E-state index in [2.05, 4.69) is 11.8 Å². The van der Waals surface area contributed by atoms with Gasteiger partial charge in [-0.05, 0) is 53.9 Å². The van der Waals surface area contributed by atoms with Crippen LogP contribution in [-0.4, -0.2) is 0 Å². The van der Waals surface area contributed by atoms with Crippen molar-refractivity contribution < 1.29 is 13.2 Å². The van der Waals surface area contributed by atoms with Gasteiger partial charge >= 0.3 is 0 Å². The van der Waals surface area contributed by atoms with Gasteiger partial charge in [0.05, 0.1) is 0 Å². The third-order valence-electron chi connectivity index (χ3n) is 4.33. The van der Waals surface area contributed by atoms with Crippen molar-refractivity contribution in [1.82, 2.24) is 0 Å². The SMILES string of the molecule is CCC(N)c1ccc(-c2ccc(C#Cc3ccc(F)c(F)c3)cc2)c(F)c1. The fourth-order valence-corrected chi connectivity index (χ4v) is 2.68. The summed E-state index contributed by atoms with van der Waals surface area (Å²) >= 11 is 0. The predicted molar refractivity (Wildman–Crippen MR) is 101 cm³/mol. The molecule has 3 aromatic carbocycles. The van der Waals surface area contributed by atoms with Crippen molar-refractivity contribution in [3.63, 3.8) is 0 Å². The fourth-order valence-electron chi connectivity index (χ4n) is 2.68. The minimum Gasteiger partial charge on any atom is -0.324 e. The molecule has 3 rings (SSSR count). The topological polar surface area (TPSA) is 26.0 Å². The first-order chi connectivity index (χ1) is 13.0. The molecule has 0 bridgehead atoms. The zero-order valence-electron chi connectivity index (χ0n) is 14.8. The molecule has 27 heavy (non-hydrogen) atoms. The Morgan fingerprint density at radius 1 is 0.778 bits per heavy atom.